The summed E-state index contributed by atoms with van der Waals surface area (Å²) >= 11 is 0. The summed E-state index contributed by atoms with van der Waals surface area (Å²) in [4.78, 5) is 64.0. The van der Waals surface area contributed by atoms with Crippen molar-refractivity contribution in [3.63, 3.8) is 0 Å². The van der Waals surface area contributed by atoms with Gasteiger partial charge in [-0.1, -0.05) is 6.07 Å². The summed E-state index contributed by atoms with van der Waals surface area (Å²) in [5.41, 5.74) is 3.10. The van der Waals surface area contributed by atoms with Crippen molar-refractivity contribution in [1.82, 2.24) is 34.8 Å². The molecule has 60 heavy (non-hydrogen) atoms. The van der Waals surface area contributed by atoms with E-state index in [0.717, 1.165) is 94.4 Å². The van der Waals surface area contributed by atoms with E-state index in [9.17, 15) is 24.3 Å². The van der Waals surface area contributed by atoms with Gasteiger partial charge in [-0.25, -0.2) is 9.78 Å². The largest absolute Gasteiger partial charge is 0.495 e. The first-order valence-electron chi connectivity index (χ1n) is 21.3. The number of hydrogen-bond acceptors (Lipinski definition) is 10. The molecule has 2 aromatic carbocycles. The molecule has 4 aliphatic heterocycles. The maximum atomic E-state index is 13.7. The number of imide groups is 1. The van der Waals surface area contributed by atoms with Crippen LogP contribution in [0.3, 0.4) is 0 Å². The molecular weight excluding hydrogens is 763 g/mol. The number of anilines is 2. The Kier molecular flexibility index (Phi) is 11.7. The molecule has 4 aromatic rings. The number of aliphatic hydroxyl groups is 1. The van der Waals surface area contributed by atoms with Crippen molar-refractivity contribution >= 4 is 46.0 Å². The highest BCUT2D eigenvalue weighted by Gasteiger charge is 2.39. The minimum Gasteiger partial charge on any atom is -0.495 e. The van der Waals surface area contributed by atoms with Crippen LogP contribution < -0.4 is 20.3 Å². The number of pyridine rings is 1. The van der Waals surface area contributed by atoms with Crippen molar-refractivity contribution in [3.05, 3.63) is 77.2 Å². The number of methoxy groups -OCH3 is 1. The van der Waals surface area contributed by atoms with Crippen molar-refractivity contribution in [2.24, 2.45) is 5.41 Å². The van der Waals surface area contributed by atoms with Gasteiger partial charge >= 0.3 is 6.03 Å². The van der Waals surface area contributed by atoms with E-state index in [1.165, 1.54) is 12.0 Å². The van der Waals surface area contributed by atoms with Crippen molar-refractivity contribution in [3.8, 4) is 5.75 Å². The lowest BCUT2D eigenvalue weighted by molar-refractivity contribution is -0.120. The number of urea groups is 1. The second kappa shape index (κ2) is 16.9. The third-order valence-corrected chi connectivity index (χ3v) is 13.2. The first kappa shape index (κ1) is 41.4. The summed E-state index contributed by atoms with van der Waals surface area (Å²) in [6.07, 6.45) is 8.51. The Hall–Kier alpha value is -5.38. The third kappa shape index (κ3) is 8.89. The predicted molar refractivity (Wildman–Crippen MR) is 228 cm³/mol. The van der Waals surface area contributed by atoms with Gasteiger partial charge in [0.2, 0.25) is 5.91 Å². The number of piperidine rings is 3. The van der Waals surface area contributed by atoms with Crippen LogP contribution in [0, 0.1) is 12.3 Å². The molecule has 15 heteroatoms. The van der Waals surface area contributed by atoms with Crippen LogP contribution in [0.4, 0.5) is 16.2 Å². The van der Waals surface area contributed by atoms with Crippen LogP contribution in [-0.2, 0) is 10.4 Å². The lowest BCUT2D eigenvalue weighted by atomic mass is 9.71. The average Bonchev–Trinajstić information content (AvgIpc) is 3.66. The smallest absolute Gasteiger partial charge is 0.328 e. The van der Waals surface area contributed by atoms with Gasteiger partial charge in [-0.2, -0.15) is 5.10 Å². The van der Waals surface area contributed by atoms with Gasteiger partial charge < -0.3 is 29.9 Å². The molecule has 0 saturated carbocycles. The standard InChI is InChI=1S/C45H57N9O6/c1-30-6-5-7-35(46-30)41(56)47-37-26-32-29-54(49-36(32)28-34(37)44(2,3)59)33-10-17-50(18-11-33)24-25-51-20-13-45(14-21-51)15-22-52(23-16-45)42(57)31-8-9-39(60-4)38(27-31)53-19-12-40(55)48-43(53)58/h5-9,26-29,33,59H,10-25H2,1-4H3,(H,47,56)(H,48,55,58). The van der Waals surface area contributed by atoms with Gasteiger partial charge in [0.15, 0.2) is 0 Å². The second-order valence-corrected chi connectivity index (χ2v) is 17.6. The zero-order chi connectivity index (χ0) is 42.2. The second-order valence-electron chi connectivity index (χ2n) is 17.6. The molecule has 0 atom stereocenters. The van der Waals surface area contributed by atoms with Gasteiger partial charge in [0, 0.05) is 86.3 Å². The third-order valence-electron chi connectivity index (χ3n) is 13.2. The summed E-state index contributed by atoms with van der Waals surface area (Å²) < 4.78 is 7.57. The van der Waals surface area contributed by atoms with E-state index < -0.39 is 11.6 Å². The molecule has 0 radical (unpaired) electrons. The fourth-order valence-electron chi connectivity index (χ4n) is 9.38. The quantitative estimate of drug-likeness (QED) is 0.191. The van der Waals surface area contributed by atoms with Crippen LogP contribution in [0.1, 0.15) is 96.9 Å². The van der Waals surface area contributed by atoms with E-state index >= 15 is 0 Å². The molecule has 4 aliphatic rings. The number of nitrogens with zero attached hydrogens (tertiary/aromatic N) is 7. The number of aryl methyl sites for hydroxylation is 1. The highest BCUT2D eigenvalue weighted by atomic mass is 16.5. The first-order chi connectivity index (χ1) is 28.8. The normalized spacial score (nSPS) is 19.5. The molecule has 1 spiro atoms. The average molecular weight is 820 g/mol. The number of rotatable bonds is 10. The van der Waals surface area contributed by atoms with Gasteiger partial charge in [-0.15, -0.1) is 0 Å². The molecule has 3 N–H and O–H groups in total. The lowest BCUT2D eigenvalue weighted by Gasteiger charge is -2.47. The molecule has 5 amide bonds. The molecule has 0 unspecified atom stereocenters. The zero-order valence-corrected chi connectivity index (χ0v) is 35.2. The number of nitrogens with one attached hydrogen (secondary N) is 2. The van der Waals surface area contributed by atoms with Crippen molar-refractivity contribution < 1.29 is 29.0 Å². The van der Waals surface area contributed by atoms with E-state index in [1.54, 1.807) is 38.1 Å². The van der Waals surface area contributed by atoms with Gasteiger partial charge in [0.05, 0.1) is 30.0 Å². The molecule has 4 saturated heterocycles. The van der Waals surface area contributed by atoms with Crippen LogP contribution in [0.25, 0.3) is 10.9 Å². The van der Waals surface area contributed by atoms with Gasteiger partial charge in [0.25, 0.3) is 11.8 Å². The lowest BCUT2D eigenvalue weighted by Crippen LogP contribution is -2.50. The van der Waals surface area contributed by atoms with Crippen LogP contribution in [0.5, 0.6) is 5.75 Å². The summed E-state index contributed by atoms with van der Waals surface area (Å²) in [6, 6.07) is 14.1. The predicted octanol–water partition coefficient (Wildman–Crippen LogP) is 5.33. The van der Waals surface area contributed by atoms with E-state index in [1.807, 2.05) is 36.1 Å². The summed E-state index contributed by atoms with van der Waals surface area (Å²) in [5.74, 6) is -0.199. The first-order valence-corrected chi connectivity index (χ1v) is 21.3. The molecule has 4 fully saturated rings. The number of hydrogen-bond donors (Lipinski definition) is 3. The fraction of sp³-hybridized carbons (Fsp3) is 0.511. The van der Waals surface area contributed by atoms with Crippen LogP contribution >= 0.6 is 0 Å². The van der Waals surface area contributed by atoms with E-state index in [4.69, 9.17) is 9.84 Å². The molecule has 0 aliphatic carbocycles. The molecule has 6 heterocycles. The Morgan fingerprint density at radius 3 is 2.30 bits per heavy atom. The number of fused-ring (bicyclic) bond motifs is 1. The van der Waals surface area contributed by atoms with Crippen LogP contribution in [0.2, 0.25) is 0 Å². The van der Waals surface area contributed by atoms with Crippen molar-refractivity contribution in [2.75, 3.05) is 76.2 Å². The number of aromatic nitrogens is 3. The molecule has 2 aromatic heterocycles. The van der Waals surface area contributed by atoms with Crippen molar-refractivity contribution in [2.45, 2.75) is 77.4 Å². The maximum absolute atomic E-state index is 13.7. The van der Waals surface area contributed by atoms with Gasteiger partial charge in [0.1, 0.15) is 11.4 Å². The number of carbonyl (C=O) groups is 4. The summed E-state index contributed by atoms with van der Waals surface area (Å²) in [7, 11) is 1.53. The number of carbonyl (C=O) groups excluding carboxylic acids is 4. The Morgan fingerprint density at radius 2 is 1.63 bits per heavy atom. The van der Waals surface area contributed by atoms with Gasteiger partial charge in [-0.3, -0.25) is 29.3 Å². The minimum atomic E-state index is -1.19. The highest BCUT2D eigenvalue weighted by Crippen LogP contribution is 2.42. The van der Waals surface area contributed by atoms with E-state index in [0.29, 0.717) is 47.0 Å². The Balaban J connectivity index is 0.801. The Bertz CT molecular complexity index is 2260. The van der Waals surface area contributed by atoms with Crippen LogP contribution in [0.15, 0.2) is 54.7 Å². The molecule has 8 rings (SSSR count). The molecule has 318 valence electrons. The van der Waals surface area contributed by atoms with Crippen LogP contribution in [-0.4, -0.2) is 124 Å². The van der Waals surface area contributed by atoms with Gasteiger partial charge in [-0.05, 0) is 120 Å². The van der Waals surface area contributed by atoms with E-state index in [-0.39, 0.29) is 42.1 Å². The molecule has 15 nitrogen and oxygen atoms in total. The maximum Gasteiger partial charge on any atom is 0.328 e. The fourth-order valence-corrected chi connectivity index (χ4v) is 9.38. The molecule has 0 bridgehead atoms. The number of amides is 5. The topological polar surface area (TPSA) is 165 Å². The Labute approximate surface area is 351 Å². The minimum absolute atomic E-state index is 0.0455. The molecular formula is C45H57N9O6. The highest BCUT2D eigenvalue weighted by molar-refractivity contribution is 6.07. The van der Waals surface area contributed by atoms with E-state index in [2.05, 4.69) is 36.3 Å². The SMILES string of the molecule is COc1ccc(C(=O)N2CCC3(CCN(CCN4CCC(n5cc6cc(NC(=O)c7cccc(C)n7)c(C(C)(C)O)cc6n5)CC4)CC3)CC2)cc1N1CCC(=O)NC1=O. The summed E-state index contributed by atoms with van der Waals surface area (Å²) in [5, 5.41) is 22.2. The number of benzene rings is 2. The Morgan fingerprint density at radius 1 is 0.933 bits per heavy atom. The number of likely N-dealkylation sites (tertiary alicyclic amines) is 3. The monoisotopic (exact) mass is 819 g/mol. The van der Waals surface area contributed by atoms with Crippen molar-refractivity contribution in [1.29, 1.82) is 0 Å². The summed E-state index contributed by atoms with van der Waals surface area (Å²) in [6.45, 7) is 13.2. The number of ether oxygens (including phenoxy) is 1. The zero-order valence-electron chi connectivity index (χ0n) is 35.2.